The van der Waals surface area contributed by atoms with Crippen LogP contribution in [-0.2, 0) is 0 Å². The van der Waals surface area contributed by atoms with Crippen LogP contribution in [0, 0.1) is 12.8 Å². The van der Waals surface area contributed by atoms with E-state index in [9.17, 15) is 0 Å². The number of hydrogen-bond donors (Lipinski definition) is 1. The van der Waals surface area contributed by atoms with Gasteiger partial charge in [0.25, 0.3) is 0 Å². The molecule has 0 fully saturated rings. The first-order chi connectivity index (χ1) is 13.5. The fourth-order valence-corrected chi connectivity index (χ4v) is 4.72. The molecular formula is C26H28N2. The zero-order chi connectivity index (χ0) is 19.7. The lowest BCUT2D eigenvalue weighted by atomic mass is 9.62. The van der Waals surface area contributed by atoms with E-state index in [1.165, 1.54) is 33.5 Å². The molecule has 1 N–H and O–H groups in total. The summed E-state index contributed by atoms with van der Waals surface area (Å²) >= 11 is 0. The van der Waals surface area contributed by atoms with E-state index in [1.807, 2.05) is 6.21 Å². The fraction of sp³-hybridized carbons (Fsp3) is 0.269. The van der Waals surface area contributed by atoms with E-state index >= 15 is 0 Å². The number of hydrogen-bond acceptors (Lipinski definition) is 2. The highest BCUT2D eigenvalue weighted by Gasteiger charge is 2.47. The van der Waals surface area contributed by atoms with Gasteiger partial charge in [0.15, 0.2) is 0 Å². The molecule has 2 bridgehead atoms. The maximum atomic E-state index is 5.18. The van der Waals surface area contributed by atoms with Gasteiger partial charge in [-0.3, -0.25) is 4.99 Å². The molecule has 1 heterocycles. The standard InChI is InChI=1S/C26H28N2/c1-5-23-22-15-19(3)17-26(23,24-13-10-20(4)28-25(24)16-22)27-14-6-7-21-11-8-18(2)9-12-21/h5-15,22,28H,4,16-17H2,1-3H3/b7-6+,23-5+,27-14?. The number of aryl methyl sites for hydroxylation is 1. The Morgan fingerprint density at radius 2 is 1.96 bits per heavy atom. The molecular weight excluding hydrogens is 340 g/mol. The third kappa shape index (κ3) is 3.24. The van der Waals surface area contributed by atoms with Crippen LogP contribution >= 0.6 is 0 Å². The Balaban J connectivity index is 1.72. The van der Waals surface area contributed by atoms with Crippen molar-refractivity contribution < 1.29 is 0 Å². The largest absolute Gasteiger partial charge is 0.359 e. The molecule has 2 nitrogen and oxygen atoms in total. The summed E-state index contributed by atoms with van der Waals surface area (Å²) in [5.74, 6) is 0.405. The molecule has 142 valence electrons. The van der Waals surface area contributed by atoms with Crippen LogP contribution in [0.5, 0.6) is 0 Å². The van der Waals surface area contributed by atoms with Gasteiger partial charge in [0.2, 0.25) is 0 Å². The molecule has 2 heteroatoms. The molecule has 0 saturated heterocycles. The van der Waals surface area contributed by atoms with Crippen LogP contribution in [0.4, 0.5) is 0 Å². The number of aliphatic imine (C=N–C) groups is 1. The first kappa shape index (κ1) is 18.5. The van der Waals surface area contributed by atoms with Crippen molar-refractivity contribution in [2.24, 2.45) is 10.9 Å². The third-order valence-corrected chi connectivity index (χ3v) is 5.91. The van der Waals surface area contributed by atoms with E-state index in [2.05, 4.69) is 93.4 Å². The Morgan fingerprint density at radius 3 is 2.71 bits per heavy atom. The Bertz CT molecular complexity index is 980. The van der Waals surface area contributed by atoms with Crippen molar-refractivity contribution in [2.75, 3.05) is 0 Å². The number of nitrogens with one attached hydrogen (secondary N) is 1. The second-order valence-electron chi connectivity index (χ2n) is 8.03. The number of benzene rings is 1. The van der Waals surface area contributed by atoms with E-state index in [-0.39, 0.29) is 5.54 Å². The summed E-state index contributed by atoms with van der Waals surface area (Å²) in [7, 11) is 0. The van der Waals surface area contributed by atoms with E-state index in [0.29, 0.717) is 5.92 Å². The van der Waals surface area contributed by atoms with Crippen molar-refractivity contribution in [1.82, 2.24) is 5.32 Å². The number of dihydropyridines is 1. The SMILES string of the molecule is C=C1C=CC2=C(CC3C=C(C)CC2(N=C/C=C/c2ccc(C)cc2)/C3=C/C)N1. The smallest absolute Gasteiger partial charge is 0.112 e. The van der Waals surface area contributed by atoms with Crippen LogP contribution in [0.25, 0.3) is 6.08 Å². The van der Waals surface area contributed by atoms with Crippen molar-refractivity contribution >= 4 is 12.3 Å². The summed E-state index contributed by atoms with van der Waals surface area (Å²) in [5, 5.41) is 3.50. The van der Waals surface area contributed by atoms with Gasteiger partial charge in [0.1, 0.15) is 5.54 Å². The number of fused-ring (bicyclic) bond motifs is 3. The van der Waals surface area contributed by atoms with Gasteiger partial charge >= 0.3 is 0 Å². The highest BCUT2D eigenvalue weighted by atomic mass is 15.0. The molecule has 2 atom stereocenters. The number of rotatable bonds is 3. The maximum Gasteiger partial charge on any atom is 0.112 e. The third-order valence-electron chi connectivity index (χ3n) is 5.91. The van der Waals surface area contributed by atoms with Crippen LogP contribution in [0.1, 0.15) is 37.8 Å². The lowest BCUT2D eigenvalue weighted by molar-refractivity contribution is 0.453. The quantitative estimate of drug-likeness (QED) is 0.509. The molecule has 28 heavy (non-hydrogen) atoms. The van der Waals surface area contributed by atoms with Gasteiger partial charge in [-0.2, -0.15) is 0 Å². The van der Waals surface area contributed by atoms with Crippen molar-refractivity contribution in [3.8, 4) is 0 Å². The lowest BCUT2D eigenvalue weighted by Crippen LogP contribution is -2.44. The molecule has 3 aliphatic rings. The lowest BCUT2D eigenvalue weighted by Gasteiger charge is -2.47. The van der Waals surface area contributed by atoms with Gasteiger partial charge in [0, 0.05) is 35.5 Å². The summed E-state index contributed by atoms with van der Waals surface area (Å²) in [6.07, 6.45) is 17.0. The van der Waals surface area contributed by atoms with Crippen molar-refractivity contribution in [2.45, 2.75) is 39.2 Å². The van der Waals surface area contributed by atoms with Crippen LogP contribution in [0.3, 0.4) is 0 Å². The van der Waals surface area contributed by atoms with Crippen molar-refractivity contribution in [3.05, 3.63) is 100 Å². The minimum atomic E-state index is -0.312. The molecule has 4 rings (SSSR count). The van der Waals surface area contributed by atoms with Crippen molar-refractivity contribution in [3.63, 3.8) is 0 Å². The predicted molar refractivity (Wildman–Crippen MR) is 120 cm³/mol. The monoisotopic (exact) mass is 368 g/mol. The molecule has 1 aromatic rings. The van der Waals surface area contributed by atoms with Gasteiger partial charge in [-0.25, -0.2) is 0 Å². The second-order valence-corrected chi connectivity index (χ2v) is 8.03. The van der Waals surface area contributed by atoms with Crippen molar-refractivity contribution in [1.29, 1.82) is 0 Å². The summed E-state index contributed by atoms with van der Waals surface area (Å²) in [6.45, 7) is 10.6. The Labute approximate surface area is 168 Å². The maximum absolute atomic E-state index is 5.18. The summed E-state index contributed by atoms with van der Waals surface area (Å²) in [5.41, 5.74) is 8.50. The van der Waals surface area contributed by atoms with Crippen LogP contribution in [0.15, 0.2) is 94.3 Å². The van der Waals surface area contributed by atoms with Crippen LogP contribution < -0.4 is 5.32 Å². The fourth-order valence-electron chi connectivity index (χ4n) is 4.72. The number of nitrogens with zero attached hydrogens (tertiary/aromatic N) is 1. The molecule has 0 radical (unpaired) electrons. The molecule has 0 aromatic heterocycles. The average molecular weight is 369 g/mol. The van der Waals surface area contributed by atoms with E-state index in [0.717, 1.165) is 18.5 Å². The molecule has 1 aromatic carbocycles. The molecule has 0 spiro atoms. The molecule has 0 amide bonds. The van der Waals surface area contributed by atoms with Gasteiger partial charge < -0.3 is 5.32 Å². The summed E-state index contributed by atoms with van der Waals surface area (Å²) < 4.78 is 0. The van der Waals surface area contributed by atoms with Gasteiger partial charge in [-0.1, -0.05) is 66.3 Å². The minimum absolute atomic E-state index is 0.312. The van der Waals surface area contributed by atoms with Crippen LogP contribution in [-0.4, -0.2) is 11.8 Å². The Hall–Kier alpha value is -2.87. The van der Waals surface area contributed by atoms with E-state index in [4.69, 9.17) is 4.99 Å². The highest BCUT2D eigenvalue weighted by molar-refractivity contribution is 5.80. The first-order valence-corrected chi connectivity index (χ1v) is 10.0. The first-order valence-electron chi connectivity index (χ1n) is 10.0. The van der Waals surface area contributed by atoms with Crippen LogP contribution in [0.2, 0.25) is 0 Å². The summed E-state index contributed by atoms with van der Waals surface area (Å²) in [6, 6.07) is 8.55. The molecule has 2 unspecified atom stereocenters. The zero-order valence-corrected chi connectivity index (χ0v) is 17.0. The predicted octanol–water partition coefficient (Wildman–Crippen LogP) is 6.06. The van der Waals surface area contributed by atoms with E-state index in [1.54, 1.807) is 0 Å². The molecule has 1 aliphatic heterocycles. The average Bonchev–Trinajstić information content (AvgIpc) is 2.66. The topological polar surface area (TPSA) is 24.4 Å². The summed E-state index contributed by atoms with van der Waals surface area (Å²) in [4.78, 5) is 5.18. The molecule has 2 aliphatic carbocycles. The Morgan fingerprint density at radius 1 is 1.18 bits per heavy atom. The van der Waals surface area contributed by atoms with Gasteiger partial charge in [-0.05, 0) is 50.5 Å². The minimum Gasteiger partial charge on any atom is -0.359 e. The second kappa shape index (κ2) is 7.27. The van der Waals surface area contributed by atoms with E-state index < -0.39 is 0 Å². The highest BCUT2D eigenvalue weighted by Crippen LogP contribution is 2.51. The normalized spacial score (nSPS) is 28.1. The molecule has 0 saturated carbocycles. The Kier molecular flexibility index (Phi) is 4.80. The van der Waals surface area contributed by atoms with Gasteiger partial charge in [-0.15, -0.1) is 0 Å². The van der Waals surface area contributed by atoms with Gasteiger partial charge in [0.05, 0.1) is 0 Å². The zero-order valence-electron chi connectivity index (χ0n) is 17.0. The number of allylic oxidation sites excluding steroid dienone is 5.